The van der Waals surface area contributed by atoms with Gasteiger partial charge in [-0.05, 0) is 25.0 Å². The minimum absolute atomic E-state index is 0.101. The molecular formula is C17H19F3N2O2. The molecule has 0 unspecified atom stereocenters. The molecule has 24 heavy (non-hydrogen) atoms. The molecule has 0 saturated heterocycles. The molecule has 0 aliphatic rings. The van der Waals surface area contributed by atoms with Crippen LogP contribution >= 0.6 is 0 Å². The van der Waals surface area contributed by atoms with Gasteiger partial charge in [0, 0.05) is 24.7 Å². The highest BCUT2D eigenvalue weighted by Gasteiger charge is 2.31. The largest absolute Gasteiger partial charge is 0.416 e. The summed E-state index contributed by atoms with van der Waals surface area (Å²) in [6.07, 6.45) is -2.82. The van der Waals surface area contributed by atoms with Crippen LogP contribution in [0.2, 0.25) is 0 Å². The van der Waals surface area contributed by atoms with Crippen molar-refractivity contribution >= 4 is 5.91 Å². The fourth-order valence-electron chi connectivity index (χ4n) is 2.38. The molecule has 0 N–H and O–H groups in total. The second-order valence-electron chi connectivity index (χ2n) is 5.45. The molecule has 0 saturated carbocycles. The molecule has 1 aromatic heterocycles. The molecular weight excluding hydrogens is 321 g/mol. The molecule has 0 aliphatic carbocycles. The number of halogens is 3. The van der Waals surface area contributed by atoms with Crippen molar-refractivity contribution in [3.63, 3.8) is 0 Å². The van der Waals surface area contributed by atoms with Crippen LogP contribution in [0.15, 0.2) is 34.9 Å². The predicted octanol–water partition coefficient (Wildman–Crippen LogP) is 4.62. The number of carbonyl (C=O) groups excluding carboxylic acids is 1. The van der Waals surface area contributed by atoms with Crippen LogP contribution in [-0.2, 0) is 6.18 Å². The van der Waals surface area contributed by atoms with E-state index in [-0.39, 0.29) is 22.9 Å². The summed E-state index contributed by atoms with van der Waals surface area (Å²) in [7, 11) is 0. The zero-order valence-electron chi connectivity index (χ0n) is 13.6. The van der Waals surface area contributed by atoms with Gasteiger partial charge in [0.05, 0.1) is 5.56 Å². The molecule has 0 atom stereocenters. The van der Waals surface area contributed by atoms with Gasteiger partial charge in [0.25, 0.3) is 5.91 Å². The molecule has 1 heterocycles. The van der Waals surface area contributed by atoms with Crippen LogP contribution in [-0.4, -0.2) is 29.1 Å². The van der Waals surface area contributed by atoms with Gasteiger partial charge >= 0.3 is 6.18 Å². The summed E-state index contributed by atoms with van der Waals surface area (Å²) in [5.74, 6) is -0.141. The van der Waals surface area contributed by atoms with Crippen LogP contribution in [0, 0.1) is 0 Å². The molecule has 1 aromatic carbocycles. The van der Waals surface area contributed by atoms with Crippen LogP contribution in [0.1, 0.15) is 42.7 Å². The first-order valence-electron chi connectivity index (χ1n) is 7.80. The Hall–Kier alpha value is -2.31. The van der Waals surface area contributed by atoms with Crippen molar-refractivity contribution < 1.29 is 22.5 Å². The van der Waals surface area contributed by atoms with Gasteiger partial charge in [-0.15, -0.1) is 0 Å². The van der Waals surface area contributed by atoms with Crippen LogP contribution < -0.4 is 0 Å². The highest BCUT2D eigenvalue weighted by molar-refractivity contribution is 5.93. The Labute approximate surface area is 138 Å². The smallest absolute Gasteiger partial charge is 0.355 e. The average Bonchev–Trinajstić information content (AvgIpc) is 3.03. The van der Waals surface area contributed by atoms with E-state index >= 15 is 0 Å². The lowest BCUT2D eigenvalue weighted by Gasteiger charge is -2.19. The van der Waals surface area contributed by atoms with Crippen LogP contribution in [0.5, 0.6) is 0 Å². The van der Waals surface area contributed by atoms with Gasteiger partial charge in [0.2, 0.25) is 0 Å². The van der Waals surface area contributed by atoms with Crippen LogP contribution in [0.4, 0.5) is 13.2 Å². The Kier molecular flexibility index (Phi) is 5.64. The first kappa shape index (κ1) is 18.0. The molecule has 7 heteroatoms. The number of rotatable bonds is 6. The van der Waals surface area contributed by atoms with E-state index in [9.17, 15) is 18.0 Å². The van der Waals surface area contributed by atoms with Gasteiger partial charge in [-0.25, -0.2) is 0 Å². The van der Waals surface area contributed by atoms with E-state index in [1.807, 2.05) is 13.8 Å². The van der Waals surface area contributed by atoms with Gasteiger partial charge in [-0.1, -0.05) is 31.1 Å². The van der Waals surface area contributed by atoms with E-state index in [4.69, 9.17) is 4.52 Å². The Morgan fingerprint density at radius 1 is 1.17 bits per heavy atom. The van der Waals surface area contributed by atoms with Crippen molar-refractivity contribution in [2.75, 3.05) is 13.1 Å². The number of benzene rings is 1. The topological polar surface area (TPSA) is 46.3 Å². The van der Waals surface area contributed by atoms with Crippen molar-refractivity contribution in [1.29, 1.82) is 0 Å². The van der Waals surface area contributed by atoms with Gasteiger partial charge in [-0.2, -0.15) is 13.2 Å². The number of carbonyl (C=O) groups is 1. The van der Waals surface area contributed by atoms with Gasteiger partial charge in [-0.3, -0.25) is 4.79 Å². The third-order valence-corrected chi connectivity index (χ3v) is 3.48. The lowest BCUT2D eigenvalue weighted by atomic mass is 10.1. The first-order valence-corrected chi connectivity index (χ1v) is 7.80. The van der Waals surface area contributed by atoms with Crippen molar-refractivity contribution in [3.05, 3.63) is 41.6 Å². The maximum Gasteiger partial charge on any atom is 0.416 e. The average molecular weight is 340 g/mol. The van der Waals surface area contributed by atoms with E-state index in [1.165, 1.54) is 18.2 Å². The number of alkyl halides is 3. The van der Waals surface area contributed by atoms with Crippen LogP contribution in [0.3, 0.4) is 0 Å². The van der Waals surface area contributed by atoms with Gasteiger partial charge < -0.3 is 9.42 Å². The zero-order chi connectivity index (χ0) is 17.7. The molecule has 0 bridgehead atoms. The number of aromatic nitrogens is 1. The first-order chi connectivity index (χ1) is 11.4. The predicted molar refractivity (Wildman–Crippen MR) is 83.4 cm³/mol. The summed E-state index contributed by atoms with van der Waals surface area (Å²) in [6, 6.07) is 6.12. The summed E-state index contributed by atoms with van der Waals surface area (Å²) >= 11 is 0. The minimum Gasteiger partial charge on any atom is -0.355 e. The summed E-state index contributed by atoms with van der Waals surface area (Å²) in [5, 5.41) is 3.72. The quantitative estimate of drug-likeness (QED) is 0.771. The SMILES string of the molecule is CCCN(CCC)C(=O)c1cc(-c2cccc(C(F)(F)F)c2)on1. The minimum atomic E-state index is -4.44. The molecule has 0 aliphatic heterocycles. The van der Waals surface area contributed by atoms with Crippen molar-refractivity contribution in [3.8, 4) is 11.3 Å². The Morgan fingerprint density at radius 2 is 1.83 bits per heavy atom. The third kappa shape index (κ3) is 4.15. The van der Waals surface area contributed by atoms with Crippen molar-refractivity contribution in [1.82, 2.24) is 10.1 Å². The van der Waals surface area contributed by atoms with E-state index in [1.54, 1.807) is 4.90 Å². The van der Waals surface area contributed by atoms with Crippen LogP contribution in [0.25, 0.3) is 11.3 Å². The highest BCUT2D eigenvalue weighted by atomic mass is 19.4. The normalized spacial score (nSPS) is 11.5. The molecule has 1 amide bonds. The zero-order valence-corrected chi connectivity index (χ0v) is 13.6. The Bertz CT molecular complexity index is 689. The number of amides is 1. The number of hydrogen-bond acceptors (Lipinski definition) is 3. The maximum atomic E-state index is 12.8. The second kappa shape index (κ2) is 7.51. The Morgan fingerprint density at radius 3 is 2.42 bits per heavy atom. The third-order valence-electron chi connectivity index (χ3n) is 3.48. The van der Waals surface area contributed by atoms with E-state index < -0.39 is 11.7 Å². The molecule has 130 valence electrons. The molecule has 2 aromatic rings. The van der Waals surface area contributed by atoms with E-state index in [0.717, 1.165) is 25.0 Å². The lowest BCUT2D eigenvalue weighted by Crippen LogP contribution is -2.32. The lowest BCUT2D eigenvalue weighted by molar-refractivity contribution is -0.137. The fraction of sp³-hybridized carbons (Fsp3) is 0.412. The molecule has 0 radical (unpaired) electrons. The standard InChI is InChI=1S/C17H19F3N2O2/c1-3-8-22(9-4-2)16(23)14-11-15(24-21-14)12-6-5-7-13(10-12)17(18,19)20/h5-7,10-11H,3-4,8-9H2,1-2H3. The molecule has 4 nitrogen and oxygen atoms in total. The summed E-state index contributed by atoms with van der Waals surface area (Å²) in [5.41, 5.74) is -0.443. The summed E-state index contributed by atoms with van der Waals surface area (Å²) in [4.78, 5) is 14.1. The maximum absolute atomic E-state index is 12.8. The molecule has 0 fully saturated rings. The van der Waals surface area contributed by atoms with Crippen molar-refractivity contribution in [2.45, 2.75) is 32.9 Å². The summed E-state index contributed by atoms with van der Waals surface area (Å²) < 4.78 is 43.4. The van der Waals surface area contributed by atoms with Gasteiger partial charge in [0.15, 0.2) is 11.5 Å². The van der Waals surface area contributed by atoms with E-state index in [0.29, 0.717) is 13.1 Å². The molecule has 2 rings (SSSR count). The van der Waals surface area contributed by atoms with Crippen molar-refractivity contribution in [2.24, 2.45) is 0 Å². The highest BCUT2D eigenvalue weighted by Crippen LogP contribution is 2.32. The van der Waals surface area contributed by atoms with E-state index in [2.05, 4.69) is 5.16 Å². The molecule has 0 spiro atoms. The number of nitrogens with zero attached hydrogens (tertiary/aromatic N) is 2. The Balaban J connectivity index is 2.26. The summed E-state index contributed by atoms with van der Waals surface area (Å²) in [6.45, 7) is 5.12. The second-order valence-corrected chi connectivity index (χ2v) is 5.45. The monoisotopic (exact) mass is 340 g/mol. The van der Waals surface area contributed by atoms with Gasteiger partial charge in [0.1, 0.15) is 0 Å². The fourth-order valence-corrected chi connectivity index (χ4v) is 2.38. The number of hydrogen-bond donors (Lipinski definition) is 0.